The summed E-state index contributed by atoms with van der Waals surface area (Å²) in [6, 6.07) is 15.4. The van der Waals surface area contributed by atoms with Gasteiger partial charge in [0.25, 0.3) is 5.91 Å². The van der Waals surface area contributed by atoms with Crippen molar-refractivity contribution in [3.63, 3.8) is 0 Å². The number of hydrogen-bond donors (Lipinski definition) is 2. The van der Waals surface area contributed by atoms with Gasteiger partial charge in [0.15, 0.2) is 0 Å². The predicted octanol–water partition coefficient (Wildman–Crippen LogP) is 3.36. The zero-order chi connectivity index (χ0) is 22.1. The fraction of sp³-hybridized carbons (Fsp3) is 0.440. The number of piperidine rings is 1. The molecule has 2 aromatic carbocycles. The summed E-state index contributed by atoms with van der Waals surface area (Å²) in [5, 5.41) is 5.51. The van der Waals surface area contributed by atoms with Crippen LogP contribution in [0.1, 0.15) is 48.2 Å². The standard InChI is InChI=1S/C25H33N3O3/c1-3-31-23-7-5-4-6-22(23)25(30)27-17-24(29)26-16-20-8-10-21(11-9-20)18-28-14-12-19(2)13-15-28/h4-11,19H,3,12-18H2,1-2H3,(H,26,29)(H,27,30). The number of nitrogens with zero attached hydrogens (tertiary/aromatic N) is 1. The molecule has 0 radical (unpaired) electrons. The first-order valence-corrected chi connectivity index (χ1v) is 11.1. The molecule has 1 aliphatic rings. The Morgan fingerprint density at radius 1 is 1.00 bits per heavy atom. The summed E-state index contributed by atoms with van der Waals surface area (Å²) >= 11 is 0. The van der Waals surface area contributed by atoms with Crippen molar-refractivity contribution in [2.45, 2.75) is 39.8 Å². The molecular formula is C25H33N3O3. The third-order valence-electron chi connectivity index (χ3n) is 5.64. The molecular weight excluding hydrogens is 390 g/mol. The van der Waals surface area contributed by atoms with Gasteiger partial charge in [-0.3, -0.25) is 14.5 Å². The van der Waals surface area contributed by atoms with E-state index in [0.29, 0.717) is 24.5 Å². The van der Waals surface area contributed by atoms with Gasteiger partial charge < -0.3 is 15.4 Å². The van der Waals surface area contributed by atoms with E-state index in [4.69, 9.17) is 4.74 Å². The summed E-state index contributed by atoms with van der Waals surface area (Å²) in [4.78, 5) is 27.0. The van der Waals surface area contributed by atoms with Gasteiger partial charge in [0, 0.05) is 13.1 Å². The minimum Gasteiger partial charge on any atom is -0.493 e. The van der Waals surface area contributed by atoms with Gasteiger partial charge in [0.05, 0.1) is 18.7 Å². The smallest absolute Gasteiger partial charge is 0.255 e. The van der Waals surface area contributed by atoms with Gasteiger partial charge in [-0.1, -0.05) is 43.3 Å². The monoisotopic (exact) mass is 423 g/mol. The average Bonchev–Trinajstić information content (AvgIpc) is 2.79. The SMILES string of the molecule is CCOc1ccccc1C(=O)NCC(=O)NCc1ccc(CN2CCC(C)CC2)cc1. The van der Waals surface area contributed by atoms with E-state index < -0.39 is 0 Å². The molecule has 0 saturated carbocycles. The summed E-state index contributed by atoms with van der Waals surface area (Å²) in [7, 11) is 0. The Morgan fingerprint density at radius 3 is 2.39 bits per heavy atom. The van der Waals surface area contributed by atoms with Crippen LogP contribution in [0.5, 0.6) is 5.75 Å². The average molecular weight is 424 g/mol. The van der Waals surface area contributed by atoms with E-state index in [1.807, 2.05) is 13.0 Å². The summed E-state index contributed by atoms with van der Waals surface area (Å²) in [6.45, 7) is 8.33. The quantitative estimate of drug-likeness (QED) is 0.649. The number of amides is 2. The first kappa shape index (κ1) is 22.8. The number of ether oxygens (including phenoxy) is 1. The highest BCUT2D eigenvalue weighted by atomic mass is 16.5. The molecule has 0 atom stereocenters. The predicted molar refractivity (Wildman–Crippen MR) is 122 cm³/mol. The van der Waals surface area contributed by atoms with Crippen LogP contribution in [0.25, 0.3) is 0 Å². The lowest BCUT2D eigenvalue weighted by atomic mass is 9.99. The van der Waals surface area contributed by atoms with Crippen molar-refractivity contribution >= 4 is 11.8 Å². The Bertz CT molecular complexity index is 859. The van der Waals surface area contributed by atoms with E-state index in [2.05, 4.69) is 46.7 Å². The molecule has 6 nitrogen and oxygen atoms in total. The number of carbonyl (C=O) groups is 2. The van der Waals surface area contributed by atoms with Crippen LogP contribution in [0, 0.1) is 5.92 Å². The van der Waals surface area contributed by atoms with Crippen LogP contribution in [0.4, 0.5) is 0 Å². The molecule has 0 aromatic heterocycles. The van der Waals surface area contributed by atoms with Crippen LogP contribution in [-0.2, 0) is 17.9 Å². The first-order chi connectivity index (χ1) is 15.0. The maximum absolute atomic E-state index is 12.4. The van der Waals surface area contributed by atoms with Crippen LogP contribution in [0.2, 0.25) is 0 Å². The molecule has 1 fully saturated rings. The van der Waals surface area contributed by atoms with Gasteiger partial charge in [-0.05, 0) is 62.0 Å². The Labute approximate surface area is 185 Å². The minimum atomic E-state index is -0.323. The fourth-order valence-electron chi connectivity index (χ4n) is 3.70. The minimum absolute atomic E-state index is 0.0786. The van der Waals surface area contributed by atoms with Gasteiger partial charge >= 0.3 is 0 Å². The van der Waals surface area contributed by atoms with Gasteiger partial charge in [0.1, 0.15) is 5.75 Å². The van der Waals surface area contributed by atoms with Gasteiger partial charge in [-0.2, -0.15) is 0 Å². The van der Waals surface area contributed by atoms with E-state index in [9.17, 15) is 9.59 Å². The van der Waals surface area contributed by atoms with Gasteiger partial charge in [-0.25, -0.2) is 0 Å². The molecule has 0 aliphatic carbocycles. The Morgan fingerprint density at radius 2 is 1.68 bits per heavy atom. The summed E-state index contributed by atoms with van der Waals surface area (Å²) < 4.78 is 5.47. The van der Waals surface area contributed by atoms with E-state index >= 15 is 0 Å². The number of rotatable bonds is 9. The fourth-order valence-corrected chi connectivity index (χ4v) is 3.70. The van der Waals surface area contributed by atoms with E-state index in [1.54, 1.807) is 18.2 Å². The van der Waals surface area contributed by atoms with Crippen molar-refractivity contribution in [2.75, 3.05) is 26.2 Å². The van der Waals surface area contributed by atoms with E-state index in [0.717, 1.165) is 18.0 Å². The molecule has 1 saturated heterocycles. The molecule has 0 bridgehead atoms. The van der Waals surface area contributed by atoms with Crippen LogP contribution >= 0.6 is 0 Å². The molecule has 166 valence electrons. The van der Waals surface area contributed by atoms with Crippen molar-refractivity contribution in [1.82, 2.24) is 15.5 Å². The van der Waals surface area contributed by atoms with E-state index in [1.165, 1.54) is 31.5 Å². The zero-order valence-corrected chi connectivity index (χ0v) is 18.5. The summed E-state index contributed by atoms with van der Waals surface area (Å²) in [6.07, 6.45) is 2.55. The van der Waals surface area contributed by atoms with Gasteiger partial charge in [0.2, 0.25) is 5.91 Å². The molecule has 0 spiro atoms. The highest BCUT2D eigenvalue weighted by Crippen LogP contribution is 2.19. The second-order valence-corrected chi connectivity index (χ2v) is 8.16. The molecule has 1 heterocycles. The number of carbonyl (C=O) groups excluding carboxylic acids is 2. The summed E-state index contributed by atoms with van der Waals surface area (Å²) in [5.41, 5.74) is 2.76. The molecule has 0 unspecified atom stereocenters. The molecule has 1 aliphatic heterocycles. The lowest BCUT2D eigenvalue weighted by molar-refractivity contribution is -0.120. The molecule has 3 rings (SSSR count). The normalized spacial score (nSPS) is 14.8. The number of hydrogen-bond acceptors (Lipinski definition) is 4. The maximum atomic E-state index is 12.4. The van der Waals surface area contributed by atoms with Crippen LogP contribution in [0.15, 0.2) is 48.5 Å². The van der Waals surface area contributed by atoms with Crippen molar-refractivity contribution in [3.8, 4) is 5.75 Å². The molecule has 6 heteroatoms. The third kappa shape index (κ3) is 7.10. The molecule has 2 amide bonds. The Balaban J connectivity index is 1.41. The molecule has 31 heavy (non-hydrogen) atoms. The summed E-state index contributed by atoms with van der Waals surface area (Å²) in [5.74, 6) is 0.804. The number of benzene rings is 2. The van der Waals surface area contributed by atoms with E-state index in [-0.39, 0.29) is 18.4 Å². The van der Waals surface area contributed by atoms with Gasteiger partial charge in [-0.15, -0.1) is 0 Å². The second-order valence-electron chi connectivity index (χ2n) is 8.16. The van der Waals surface area contributed by atoms with Crippen LogP contribution in [0.3, 0.4) is 0 Å². The first-order valence-electron chi connectivity index (χ1n) is 11.1. The van der Waals surface area contributed by atoms with Crippen molar-refractivity contribution in [1.29, 1.82) is 0 Å². The number of likely N-dealkylation sites (tertiary alicyclic amines) is 1. The van der Waals surface area contributed by atoms with Crippen molar-refractivity contribution in [3.05, 3.63) is 65.2 Å². The third-order valence-corrected chi connectivity index (χ3v) is 5.64. The number of para-hydroxylation sites is 1. The topological polar surface area (TPSA) is 70.7 Å². The lowest BCUT2D eigenvalue weighted by Gasteiger charge is -2.30. The number of nitrogens with one attached hydrogen (secondary N) is 2. The van der Waals surface area contributed by atoms with Crippen molar-refractivity contribution in [2.24, 2.45) is 5.92 Å². The van der Waals surface area contributed by atoms with Crippen LogP contribution < -0.4 is 15.4 Å². The van der Waals surface area contributed by atoms with Crippen molar-refractivity contribution < 1.29 is 14.3 Å². The largest absolute Gasteiger partial charge is 0.493 e. The highest BCUT2D eigenvalue weighted by molar-refractivity contribution is 5.98. The molecule has 2 aromatic rings. The second kappa shape index (κ2) is 11.5. The highest BCUT2D eigenvalue weighted by Gasteiger charge is 2.16. The Hall–Kier alpha value is -2.86. The lowest BCUT2D eigenvalue weighted by Crippen LogP contribution is -2.36. The molecule has 2 N–H and O–H groups in total. The van der Waals surface area contributed by atoms with Crippen LogP contribution in [-0.4, -0.2) is 43.0 Å². The maximum Gasteiger partial charge on any atom is 0.255 e. The zero-order valence-electron chi connectivity index (χ0n) is 18.5. The Kier molecular flexibility index (Phi) is 8.47.